The van der Waals surface area contributed by atoms with Gasteiger partial charge in [-0.1, -0.05) is 13.8 Å². The van der Waals surface area contributed by atoms with Crippen LogP contribution in [0.4, 0.5) is 0 Å². The maximum absolute atomic E-state index is 11.4. The standard InChI is InChI=1S/C11H19N3O2/c1-5-14(6-2)10(11(15)16)9-8(3)12-7-13(9)4/h7,10H,5-6H2,1-4H3,(H,15,16). The maximum Gasteiger partial charge on any atom is 0.327 e. The van der Waals surface area contributed by atoms with Crippen LogP contribution in [0.25, 0.3) is 0 Å². The van der Waals surface area contributed by atoms with Crippen LogP contribution in [-0.4, -0.2) is 38.6 Å². The van der Waals surface area contributed by atoms with E-state index in [4.69, 9.17) is 0 Å². The van der Waals surface area contributed by atoms with Crippen LogP contribution in [0, 0.1) is 6.92 Å². The normalized spacial score (nSPS) is 13.1. The molecule has 0 fully saturated rings. The molecule has 5 nitrogen and oxygen atoms in total. The van der Waals surface area contributed by atoms with Crippen LogP contribution < -0.4 is 0 Å². The Balaban J connectivity index is 3.17. The molecule has 1 heterocycles. The molecular formula is C11H19N3O2. The first-order valence-electron chi connectivity index (χ1n) is 5.47. The van der Waals surface area contributed by atoms with Crippen molar-refractivity contribution < 1.29 is 9.90 Å². The lowest BCUT2D eigenvalue weighted by atomic mass is 10.1. The Hall–Kier alpha value is -1.36. The van der Waals surface area contributed by atoms with Crippen molar-refractivity contribution in [3.8, 4) is 0 Å². The van der Waals surface area contributed by atoms with E-state index in [0.29, 0.717) is 13.1 Å². The van der Waals surface area contributed by atoms with Crippen molar-refractivity contribution in [2.24, 2.45) is 7.05 Å². The largest absolute Gasteiger partial charge is 0.480 e. The molecule has 1 aromatic rings. The molecular weight excluding hydrogens is 206 g/mol. The summed E-state index contributed by atoms with van der Waals surface area (Å²) in [5.74, 6) is -0.824. The molecule has 0 saturated carbocycles. The number of hydrogen-bond acceptors (Lipinski definition) is 3. The summed E-state index contributed by atoms with van der Waals surface area (Å²) in [6, 6.07) is -0.609. The molecule has 1 rings (SSSR count). The first kappa shape index (κ1) is 12.7. The fourth-order valence-electron chi connectivity index (χ4n) is 1.98. The number of carboxylic acid groups (broad SMARTS) is 1. The van der Waals surface area contributed by atoms with Crippen molar-refractivity contribution in [2.75, 3.05) is 13.1 Å². The van der Waals surface area contributed by atoms with Crippen molar-refractivity contribution in [3.05, 3.63) is 17.7 Å². The Labute approximate surface area is 95.7 Å². The first-order valence-corrected chi connectivity index (χ1v) is 5.47. The zero-order chi connectivity index (χ0) is 12.3. The van der Waals surface area contributed by atoms with E-state index in [1.54, 1.807) is 10.9 Å². The Morgan fingerprint density at radius 3 is 2.44 bits per heavy atom. The molecule has 0 aliphatic heterocycles. The molecule has 0 spiro atoms. The van der Waals surface area contributed by atoms with Gasteiger partial charge in [0.25, 0.3) is 0 Å². The summed E-state index contributed by atoms with van der Waals surface area (Å²) in [6.45, 7) is 7.18. The second-order valence-corrected chi connectivity index (χ2v) is 3.79. The molecule has 1 N–H and O–H groups in total. The number of rotatable bonds is 5. The van der Waals surface area contributed by atoms with Crippen LogP contribution in [0.2, 0.25) is 0 Å². The second-order valence-electron chi connectivity index (χ2n) is 3.79. The molecule has 0 bridgehead atoms. The molecule has 1 unspecified atom stereocenters. The van der Waals surface area contributed by atoms with Crippen molar-refractivity contribution in [1.29, 1.82) is 0 Å². The van der Waals surface area contributed by atoms with Gasteiger partial charge < -0.3 is 9.67 Å². The average Bonchev–Trinajstić information content (AvgIpc) is 2.55. The van der Waals surface area contributed by atoms with E-state index in [1.165, 1.54) is 0 Å². The van der Waals surface area contributed by atoms with Gasteiger partial charge in [-0.15, -0.1) is 0 Å². The number of aryl methyl sites for hydroxylation is 2. The molecule has 16 heavy (non-hydrogen) atoms. The maximum atomic E-state index is 11.4. The van der Waals surface area contributed by atoms with Gasteiger partial charge >= 0.3 is 5.97 Å². The van der Waals surface area contributed by atoms with Gasteiger partial charge in [-0.2, -0.15) is 0 Å². The van der Waals surface area contributed by atoms with Crippen molar-refractivity contribution >= 4 is 5.97 Å². The highest BCUT2D eigenvalue weighted by molar-refractivity contribution is 5.75. The zero-order valence-corrected chi connectivity index (χ0v) is 10.3. The van der Waals surface area contributed by atoms with E-state index in [-0.39, 0.29) is 0 Å². The smallest absolute Gasteiger partial charge is 0.327 e. The van der Waals surface area contributed by atoms with Crippen LogP contribution in [0.3, 0.4) is 0 Å². The first-order chi connectivity index (χ1) is 7.52. The topological polar surface area (TPSA) is 58.4 Å². The summed E-state index contributed by atoms with van der Waals surface area (Å²) in [7, 11) is 1.83. The van der Waals surface area contributed by atoms with Crippen molar-refractivity contribution in [2.45, 2.75) is 26.8 Å². The summed E-state index contributed by atoms with van der Waals surface area (Å²) >= 11 is 0. The fourth-order valence-corrected chi connectivity index (χ4v) is 1.98. The summed E-state index contributed by atoms with van der Waals surface area (Å²) in [5.41, 5.74) is 1.54. The highest BCUT2D eigenvalue weighted by atomic mass is 16.4. The fraction of sp³-hybridized carbons (Fsp3) is 0.636. The Morgan fingerprint density at radius 2 is 2.12 bits per heavy atom. The number of imidazole rings is 1. The number of nitrogens with zero attached hydrogens (tertiary/aromatic N) is 3. The number of aliphatic carboxylic acids is 1. The van der Waals surface area contributed by atoms with Gasteiger partial charge in [-0.05, 0) is 20.0 Å². The van der Waals surface area contributed by atoms with Crippen LogP contribution >= 0.6 is 0 Å². The molecule has 5 heteroatoms. The van der Waals surface area contributed by atoms with Gasteiger partial charge in [0.1, 0.15) is 0 Å². The van der Waals surface area contributed by atoms with Crippen LogP contribution in [0.1, 0.15) is 31.3 Å². The summed E-state index contributed by atoms with van der Waals surface area (Å²) in [6.07, 6.45) is 1.66. The monoisotopic (exact) mass is 225 g/mol. The Bertz CT molecular complexity index is 350. The third-order valence-electron chi connectivity index (χ3n) is 2.85. The second kappa shape index (κ2) is 5.12. The number of likely N-dealkylation sites (N-methyl/N-ethyl adjacent to an activating group) is 1. The molecule has 1 aromatic heterocycles. The van der Waals surface area contributed by atoms with Gasteiger partial charge in [0.15, 0.2) is 6.04 Å². The molecule has 0 amide bonds. The predicted molar refractivity (Wildman–Crippen MR) is 61.2 cm³/mol. The number of carbonyl (C=O) groups is 1. The van der Waals surface area contributed by atoms with Crippen LogP contribution in [-0.2, 0) is 11.8 Å². The number of carboxylic acids is 1. The van der Waals surface area contributed by atoms with Crippen molar-refractivity contribution in [3.63, 3.8) is 0 Å². The predicted octanol–water partition coefficient (Wildman–Crippen LogP) is 1.20. The SMILES string of the molecule is CCN(CC)C(C(=O)O)c1c(C)ncn1C. The van der Waals surface area contributed by atoms with Gasteiger partial charge in [0.05, 0.1) is 17.7 Å². The molecule has 0 aromatic carbocycles. The zero-order valence-electron chi connectivity index (χ0n) is 10.3. The highest BCUT2D eigenvalue weighted by Crippen LogP contribution is 2.22. The molecule has 90 valence electrons. The van der Waals surface area contributed by atoms with E-state index in [9.17, 15) is 9.90 Å². The minimum atomic E-state index is -0.824. The van der Waals surface area contributed by atoms with E-state index < -0.39 is 12.0 Å². The minimum absolute atomic E-state index is 0.609. The molecule has 0 aliphatic carbocycles. The van der Waals surface area contributed by atoms with E-state index >= 15 is 0 Å². The lowest BCUT2D eigenvalue weighted by Crippen LogP contribution is -2.35. The van der Waals surface area contributed by atoms with Gasteiger partial charge in [0.2, 0.25) is 0 Å². The molecule has 1 atom stereocenters. The molecule has 0 saturated heterocycles. The Kier molecular flexibility index (Phi) is 4.06. The Morgan fingerprint density at radius 1 is 1.56 bits per heavy atom. The summed E-state index contributed by atoms with van der Waals surface area (Å²) < 4.78 is 1.78. The number of hydrogen-bond donors (Lipinski definition) is 1. The van der Waals surface area contributed by atoms with Crippen LogP contribution in [0.15, 0.2) is 6.33 Å². The molecule has 0 radical (unpaired) electrons. The van der Waals surface area contributed by atoms with Crippen molar-refractivity contribution in [1.82, 2.24) is 14.5 Å². The summed E-state index contributed by atoms with van der Waals surface area (Å²) in [5, 5.41) is 9.34. The van der Waals surface area contributed by atoms with Gasteiger partial charge in [-0.3, -0.25) is 9.69 Å². The minimum Gasteiger partial charge on any atom is -0.480 e. The van der Waals surface area contributed by atoms with Gasteiger partial charge in [0, 0.05) is 7.05 Å². The highest BCUT2D eigenvalue weighted by Gasteiger charge is 2.29. The van der Waals surface area contributed by atoms with E-state index in [2.05, 4.69) is 4.98 Å². The lowest BCUT2D eigenvalue weighted by molar-refractivity contribution is -0.143. The van der Waals surface area contributed by atoms with E-state index in [0.717, 1.165) is 11.4 Å². The molecule has 0 aliphatic rings. The quantitative estimate of drug-likeness (QED) is 0.818. The van der Waals surface area contributed by atoms with Gasteiger partial charge in [-0.25, -0.2) is 4.98 Å². The number of aromatic nitrogens is 2. The lowest BCUT2D eigenvalue weighted by Gasteiger charge is -2.26. The average molecular weight is 225 g/mol. The van der Waals surface area contributed by atoms with E-state index in [1.807, 2.05) is 32.7 Å². The third-order valence-corrected chi connectivity index (χ3v) is 2.85. The summed E-state index contributed by atoms with van der Waals surface area (Å²) in [4.78, 5) is 17.4. The van der Waals surface area contributed by atoms with Crippen LogP contribution in [0.5, 0.6) is 0 Å². The third kappa shape index (κ3) is 2.24.